The molecule has 0 fully saturated rings. The SMILES string of the molecule is O=C(CNc1ccc(F)cc1)N/N=C/c1ccc(F)cc1. The van der Waals surface area contributed by atoms with Gasteiger partial charge in [-0.15, -0.1) is 0 Å². The van der Waals surface area contributed by atoms with E-state index in [1.54, 1.807) is 12.1 Å². The van der Waals surface area contributed by atoms with Crippen LogP contribution in [0.4, 0.5) is 14.5 Å². The predicted octanol–water partition coefficient (Wildman–Crippen LogP) is 2.53. The molecule has 2 N–H and O–H groups in total. The van der Waals surface area contributed by atoms with Gasteiger partial charge in [0.05, 0.1) is 12.8 Å². The largest absolute Gasteiger partial charge is 0.376 e. The van der Waals surface area contributed by atoms with Crippen LogP contribution in [-0.2, 0) is 4.79 Å². The van der Waals surface area contributed by atoms with Gasteiger partial charge in [-0.1, -0.05) is 12.1 Å². The first kappa shape index (κ1) is 14.6. The number of benzene rings is 2. The van der Waals surface area contributed by atoms with Crippen LogP contribution in [0.15, 0.2) is 53.6 Å². The van der Waals surface area contributed by atoms with Gasteiger partial charge >= 0.3 is 0 Å². The van der Waals surface area contributed by atoms with Gasteiger partial charge < -0.3 is 5.32 Å². The molecular weight excluding hydrogens is 276 g/mol. The van der Waals surface area contributed by atoms with Crippen molar-refractivity contribution >= 4 is 17.8 Å². The Kier molecular flexibility index (Phi) is 4.98. The average Bonchev–Trinajstić information content (AvgIpc) is 2.49. The number of hydrazone groups is 1. The molecule has 0 saturated heterocycles. The Labute approximate surface area is 120 Å². The van der Waals surface area contributed by atoms with E-state index in [0.29, 0.717) is 11.3 Å². The number of amides is 1. The molecule has 0 aromatic heterocycles. The highest BCUT2D eigenvalue weighted by Crippen LogP contribution is 2.07. The number of rotatable bonds is 5. The van der Waals surface area contributed by atoms with Gasteiger partial charge in [0.2, 0.25) is 0 Å². The van der Waals surface area contributed by atoms with E-state index in [4.69, 9.17) is 0 Å². The summed E-state index contributed by atoms with van der Waals surface area (Å²) < 4.78 is 25.4. The molecule has 0 bridgehead atoms. The number of carbonyl (C=O) groups excluding carboxylic acids is 1. The highest BCUT2D eigenvalue weighted by molar-refractivity contribution is 5.84. The number of hydrogen-bond donors (Lipinski definition) is 2. The predicted molar refractivity (Wildman–Crippen MR) is 77.0 cm³/mol. The molecule has 0 aliphatic carbocycles. The number of hydrogen-bond acceptors (Lipinski definition) is 3. The summed E-state index contributed by atoms with van der Waals surface area (Å²) >= 11 is 0. The number of halogens is 2. The maximum atomic E-state index is 12.7. The Hall–Kier alpha value is -2.76. The summed E-state index contributed by atoms with van der Waals surface area (Å²) in [5.74, 6) is -1.02. The van der Waals surface area contributed by atoms with E-state index in [1.807, 2.05) is 0 Å². The molecule has 0 heterocycles. The summed E-state index contributed by atoms with van der Waals surface area (Å²) in [6, 6.07) is 11.4. The van der Waals surface area contributed by atoms with E-state index < -0.39 is 0 Å². The lowest BCUT2D eigenvalue weighted by Crippen LogP contribution is -2.25. The van der Waals surface area contributed by atoms with Gasteiger partial charge in [-0.3, -0.25) is 4.79 Å². The normalized spacial score (nSPS) is 10.6. The van der Waals surface area contributed by atoms with Gasteiger partial charge in [0.1, 0.15) is 11.6 Å². The zero-order valence-electron chi connectivity index (χ0n) is 11.0. The van der Waals surface area contributed by atoms with E-state index in [-0.39, 0.29) is 24.1 Å². The molecule has 0 unspecified atom stereocenters. The maximum absolute atomic E-state index is 12.7. The van der Waals surface area contributed by atoms with E-state index in [1.165, 1.54) is 42.6 Å². The van der Waals surface area contributed by atoms with Crippen LogP contribution in [-0.4, -0.2) is 18.7 Å². The van der Waals surface area contributed by atoms with Crippen molar-refractivity contribution in [2.75, 3.05) is 11.9 Å². The standard InChI is InChI=1S/C15H13F2N3O/c16-12-3-1-11(2-4-12)9-19-20-15(21)10-18-14-7-5-13(17)6-8-14/h1-9,18H,10H2,(H,20,21)/b19-9+. The lowest BCUT2D eigenvalue weighted by atomic mass is 10.2. The zero-order chi connectivity index (χ0) is 15.1. The maximum Gasteiger partial charge on any atom is 0.259 e. The minimum atomic E-state index is -0.349. The third-order valence-corrected chi connectivity index (χ3v) is 2.57. The quantitative estimate of drug-likeness (QED) is 0.656. The summed E-state index contributed by atoms with van der Waals surface area (Å²) in [6.45, 7) is 0.00634. The molecule has 0 aliphatic rings. The average molecular weight is 289 g/mol. The fourth-order valence-corrected chi connectivity index (χ4v) is 1.52. The Bertz CT molecular complexity index is 624. The van der Waals surface area contributed by atoms with Crippen LogP contribution in [0.5, 0.6) is 0 Å². The molecule has 1 amide bonds. The van der Waals surface area contributed by atoms with Gasteiger partial charge in [0.15, 0.2) is 0 Å². The molecule has 0 saturated carbocycles. The monoisotopic (exact) mass is 289 g/mol. The summed E-state index contributed by atoms with van der Waals surface area (Å²) in [6.07, 6.45) is 1.41. The third-order valence-electron chi connectivity index (χ3n) is 2.57. The van der Waals surface area contributed by atoms with Crippen molar-refractivity contribution in [3.05, 3.63) is 65.7 Å². The first-order valence-corrected chi connectivity index (χ1v) is 6.20. The Morgan fingerprint density at radius 3 is 2.19 bits per heavy atom. The summed E-state index contributed by atoms with van der Waals surface area (Å²) in [4.78, 5) is 11.5. The molecule has 21 heavy (non-hydrogen) atoms. The van der Waals surface area contributed by atoms with Gasteiger partial charge in [-0.05, 0) is 42.0 Å². The Balaban J connectivity index is 1.77. The number of anilines is 1. The van der Waals surface area contributed by atoms with Crippen LogP contribution in [0, 0.1) is 11.6 Å². The lowest BCUT2D eigenvalue weighted by molar-refractivity contribution is -0.119. The number of carbonyl (C=O) groups is 1. The molecule has 0 radical (unpaired) electrons. The molecule has 2 rings (SSSR count). The topological polar surface area (TPSA) is 53.5 Å². The lowest BCUT2D eigenvalue weighted by Gasteiger charge is -2.04. The fourth-order valence-electron chi connectivity index (χ4n) is 1.52. The van der Waals surface area contributed by atoms with Gasteiger partial charge in [0.25, 0.3) is 5.91 Å². The number of nitrogens with one attached hydrogen (secondary N) is 2. The second-order valence-corrected chi connectivity index (χ2v) is 4.21. The smallest absolute Gasteiger partial charge is 0.259 e. The molecule has 0 spiro atoms. The molecule has 4 nitrogen and oxygen atoms in total. The molecule has 6 heteroatoms. The molecular formula is C15H13F2N3O. The van der Waals surface area contributed by atoms with Crippen molar-refractivity contribution in [1.82, 2.24) is 5.43 Å². The third kappa shape index (κ3) is 5.02. The Morgan fingerprint density at radius 2 is 1.57 bits per heavy atom. The van der Waals surface area contributed by atoms with E-state index in [0.717, 1.165) is 0 Å². The van der Waals surface area contributed by atoms with E-state index in [9.17, 15) is 13.6 Å². The van der Waals surface area contributed by atoms with Crippen LogP contribution in [0.3, 0.4) is 0 Å². The van der Waals surface area contributed by atoms with Crippen molar-refractivity contribution in [3.8, 4) is 0 Å². The summed E-state index contributed by atoms with van der Waals surface area (Å²) in [7, 11) is 0. The second-order valence-electron chi connectivity index (χ2n) is 4.21. The van der Waals surface area contributed by atoms with Crippen molar-refractivity contribution in [2.45, 2.75) is 0 Å². The van der Waals surface area contributed by atoms with Gasteiger partial charge in [0, 0.05) is 5.69 Å². The van der Waals surface area contributed by atoms with Crippen molar-refractivity contribution < 1.29 is 13.6 Å². The van der Waals surface area contributed by atoms with E-state index >= 15 is 0 Å². The number of nitrogens with zero attached hydrogens (tertiary/aromatic N) is 1. The van der Waals surface area contributed by atoms with E-state index in [2.05, 4.69) is 15.8 Å². The van der Waals surface area contributed by atoms with Crippen LogP contribution >= 0.6 is 0 Å². The van der Waals surface area contributed by atoms with Crippen LogP contribution in [0.1, 0.15) is 5.56 Å². The molecule has 108 valence electrons. The molecule has 2 aromatic carbocycles. The molecule has 2 aromatic rings. The summed E-state index contributed by atoms with van der Waals surface area (Å²) in [5, 5.41) is 6.58. The molecule has 0 atom stereocenters. The minimum absolute atomic E-state index is 0.00634. The Morgan fingerprint density at radius 1 is 1.00 bits per heavy atom. The first-order chi connectivity index (χ1) is 10.1. The molecule has 0 aliphatic heterocycles. The van der Waals surface area contributed by atoms with Crippen LogP contribution in [0.25, 0.3) is 0 Å². The highest BCUT2D eigenvalue weighted by atomic mass is 19.1. The van der Waals surface area contributed by atoms with Crippen molar-refractivity contribution in [2.24, 2.45) is 5.10 Å². The van der Waals surface area contributed by atoms with Crippen LogP contribution < -0.4 is 10.7 Å². The van der Waals surface area contributed by atoms with Crippen molar-refractivity contribution in [3.63, 3.8) is 0 Å². The summed E-state index contributed by atoms with van der Waals surface area (Å²) in [5.41, 5.74) is 3.63. The fraction of sp³-hybridized carbons (Fsp3) is 0.0667. The van der Waals surface area contributed by atoms with Gasteiger partial charge in [-0.25, -0.2) is 14.2 Å². The van der Waals surface area contributed by atoms with Gasteiger partial charge in [-0.2, -0.15) is 5.10 Å². The minimum Gasteiger partial charge on any atom is -0.376 e. The first-order valence-electron chi connectivity index (χ1n) is 6.20. The van der Waals surface area contributed by atoms with Crippen molar-refractivity contribution in [1.29, 1.82) is 0 Å². The van der Waals surface area contributed by atoms with Crippen LogP contribution in [0.2, 0.25) is 0 Å². The second kappa shape index (κ2) is 7.14. The highest BCUT2D eigenvalue weighted by Gasteiger charge is 1.99. The zero-order valence-corrected chi connectivity index (χ0v) is 11.0.